The Balaban J connectivity index is 2.03. The molecule has 1 N–H and O–H groups in total. The summed E-state index contributed by atoms with van der Waals surface area (Å²) in [7, 11) is 0. The molecule has 1 heterocycles. The van der Waals surface area contributed by atoms with E-state index in [1.54, 1.807) is 13.0 Å². The Labute approximate surface area is 141 Å². The van der Waals surface area contributed by atoms with Crippen LogP contribution in [0.15, 0.2) is 36.5 Å². The van der Waals surface area contributed by atoms with Gasteiger partial charge in [0.2, 0.25) is 5.82 Å². The first kappa shape index (κ1) is 18.0. The van der Waals surface area contributed by atoms with E-state index in [4.69, 9.17) is 4.74 Å². The van der Waals surface area contributed by atoms with Gasteiger partial charge in [-0.3, -0.25) is 19.9 Å². The zero-order valence-electron chi connectivity index (χ0n) is 13.4. The molecule has 0 saturated heterocycles. The lowest BCUT2D eigenvalue weighted by Gasteiger charge is -2.13. The highest BCUT2D eigenvalue weighted by Crippen LogP contribution is 2.21. The van der Waals surface area contributed by atoms with Crippen LogP contribution in [-0.2, 0) is 9.53 Å². The Morgan fingerprint density at radius 2 is 2.04 bits per heavy atom. The van der Waals surface area contributed by atoms with Gasteiger partial charge in [0.15, 0.2) is 6.10 Å². The van der Waals surface area contributed by atoms with Crippen LogP contribution in [0, 0.1) is 22.9 Å². The standard InChI is InChI=1S/C16H14FN3O5/c1-9-3-4-11(8-18-9)16(22)25-10(2)15(21)19-12-5-6-13(17)14(7-12)20(23)24/h3-8,10H,1-2H3,(H,19,21). The number of pyridine rings is 1. The minimum absolute atomic E-state index is 0.0120. The van der Waals surface area contributed by atoms with Crippen LogP contribution in [0.1, 0.15) is 23.0 Å². The molecule has 0 aliphatic carbocycles. The number of benzene rings is 1. The number of nitrogens with zero attached hydrogens (tertiary/aromatic N) is 2. The van der Waals surface area contributed by atoms with Crippen LogP contribution in [-0.4, -0.2) is 27.9 Å². The van der Waals surface area contributed by atoms with Crippen molar-refractivity contribution in [1.29, 1.82) is 0 Å². The summed E-state index contributed by atoms with van der Waals surface area (Å²) in [5, 5.41) is 13.0. The van der Waals surface area contributed by atoms with Gasteiger partial charge in [-0.2, -0.15) is 4.39 Å². The number of rotatable bonds is 5. The fourth-order valence-electron chi connectivity index (χ4n) is 1.84. The molecule has 0 bridgehead atoms. The molecule has 8 nitrogen and oxygen atoms in total. The molecule has 1 atom stereocenters. The van der Waals surface area contributed by atoms with Crippen molar-refractivity contribution >= 4 is 23.3 Å². The number of aryl methyl sites for hydroxylation is 1. The molecule has 1 amide bonds. The second kappa shape index (κ2) is 7.47. The average molecular weight is 347 g/mol. The second-order valence-electron chi connectivity index (χ2n) is 5.15. The maximum Gasteiger partial charge on any atom is 0.340 e. The van der Waals surface area contributed by atoms with Crippen LogP contribution in [0.25, 0.3) is 0 Å². The number of hydrogen-bond donors (Lipinski definition) is 1. The van der Waals surface area contributed by atoms with E-state index in [1.807, 2.05) is 0 Å². The first-order chi connectivity index (χ1) is 11.8. The summed E-state index contributed by atoms with van der Waals surface area (Å²) in [5.74, 6) is -2.47. The predicted molar refractivity (Wildman–Crippen MR) is 85.5 cm³/mol. The van der Waals surface area contributed by atoms with Gasteiger partial charge in [-0.15, -0.1) is 0 Å². The van der Waals surface area contributed by atoms with Crippen molar-refractivity contribution < 1.29 is 23.6 Å². The van der Waals surface area contributed by atoms with Crippen LogP contribution >= 0.6 is 0 Å². The average Bonchev–Trinajstić information content (AvgIpc) is 2.56. The van der Waals surface area contributed by atoms with Crippen LogP contribution in [0.2, 0.25) is 0 Å². The molecule has 1 aromatic carbocycles. The van der Waals surface area contributed by atoms with Crippen molar-refractivity contribution in [3.8, 4) is 0 Å². The van der Waals surface area contributed by atoms with E-state index in [2.05, 4.69) is 10.3 Å². The Morgan fingerprint density at radius 3 is 2.64 bits per heavy atom. The van der Waals surface area contributed by atoms with E-state index in [1.165, 1.54) is 25.3 Å². The highest BCUT2D eigenvalue weighted by Gasteiger charge is 2.21. The number of carbonyl (C=O) groups is 2. The van der Waals surface area contributed by atoms with E-state index in [0.717, 1.165) is 17.8 Å². The largest absolute Gasteiger partial charge is 0.449 e. The molecule has 25 heavy (non-hydrogen) atoms. The Kier molecular flexibility index (Phi) is 5.38. The molecule has 1 aromatic heterocycles. The molecular formula is C16H14FN3O5. The molecule has 0 spiro atoms. The fraction of sp³-hybridized carbons (Fsp3) is 0.188. The number of ether oxygens (including phenoxy) is 1. The summed E-state index contributed by atoms with van der Waals surface area (Å²) >= 11 is 0. The van der Waals surface area contributed by atoms with Gasteiger partial charge >= 0.3 is 11.7 Å². The molecule has 0 saturated carbocycles. The second-order valence-corrected chi connectivity index (χ2v) is 5.15. The van der Waals surface area contributed by atoms with Crippen LogP contribution < -0.4 is 5.32 Å². The number of aromatic nitrogens is 1. The molecule has 0 radical (unpaired) electrons. The van der Waals surface area contributed by atoms with Crippen molar-refractivity contribution in [2.24, 2.45) is 0 Å². The Bertz CT molecular complexity index is 823. The monoisotopic (exact) mass is 347 g/mol. The van der Waals surface area contributed by atoms with E-state index in [0.29, 0.717) is 0 Å². The summed E-state index contributed by atoms with van der Waals surface area (Å²) in [6.45, 7) is 3.10. The summed E-state index contributed by atoms with van der Waals surface area (Å²) in [6, 6.07) is 6.05. The predicted octanol–water partition coefficient (Wildman–Crippen LogP) is 2.62. The molecule has 2 aromatic rings. The SMILES string of the molecule is Cc1ccc(C(=O)OC(C)C(=O)Nc2ccc(F)c([N+](=O)[O-])c2)cn1. The summed E-state index contributed by atoms with van der Waals surface area (Å²) in [5.41, 5.74) is 0.147. The van der Waals surface area contributed by atoms with Crippen LogP contribution in [0.4, 0.5) is 15.8 Å². The third kappa shape index (κ3) is 4.56. The zero-order valence-corrected chi connectivity index (χ0v) is 13.4. The Hall–Kier alpha value is -3.36. The fourth-order valence-corrected chi connectivity index (χ4v) is 1.84. The lowest BCUT2D eigenvalue weighted by Crippen LogP contribution is -2.30. The van der Waals surface area contributed by atoms with Crippen LogP contribution in [0.3, 0.4) is 0 Å². The molecular weight excluding hydrogens is 333 g/mol. The van der Waals surface area contributed by atoms with Crippen molar-refractivity contribution in [3.05, 3.63) is 63.7 Å². The quantitative estimate of drug-likeness (QED) is 0.505. The highest BCUT2D eigenvalue weighted by molar-refractivity contribution is 5.97. The number of halogens is 1. The number of nitrogens with one attached hydrogen (secondary N) is 1. The smallest absolute Gasteiger partial charge is 0.340 e. The zero-order chi connectivity index (χ0) is 18.6. The van der Waals surface area contributed by atoms with E-state index in [9.17, 15) is 24.1 Å². The summed E-state index contributed by atoms with van der Waals surface area (Å²) < 4.78 is 18.3. The van der Waals surface area contributed by atoms with E-state index < -0.39 is 34.4 Å². The number of amides is 1. The van der Waals surface area contributed by atoms with Gasteiger partial charge in [0.1, 0.15) is 0 Å². The van der Waals surface area contributed by atoms with Crippen molar-refractivity contribution in [2.75, 3.05) is 5.32 Å². The van der Waals surface area contributed by atoms with Gasteiger partial charge < -0.3 is 10.1 Å². The Morgan fingerprint density at radius 1 is 1.32 bits per heavy atom. The first-order valence-electron chi connectivity index (χ1n) is 7.16. The molecule has 1 unspecified atom stereocenters. The number of esters is 1. The van der Waals surface area contributed by atoms with Crippen molar-refractivity contribution in [2.45, 2.75) is 20.0 Å². The lowest BCUT2D eigenvalue weighted by molar-refractivity contribution is -0.387. The van der Waals surface area contributed by atoms with E-state index in [-0.39, 0.29) is 11.3 Å². The topological polar surface area (TPSA) is 111 Å². The third-order valence-corrected chi connectivity index (χ3v) is 3.21. The number of hydrogen-bond acceptors (Lipinski definition) is 6. The van der Waals surface area contributed by atoms with Gasteiger partial charge in [-0.1, -0.05) is 0 Å². The lowest BCUT2D eigenvalue weighted by atomic mass is 10.2. The molecule has 130 valence electrons. The number of anilines is 1. The normalized spacial score (nSPS) is 11.5. The number of nitro benzene ring substituents is 1. The molecule has 0 aliphatic rings. The molecule has 2 rings (SSSR count). The van der Waals surface area contributed by atoms with E-state index >= 15 is 0 Å². The van der Waals surface area contributed by atoms with Gasteiger partial charge in [-0.25, -0.2) is 4.79 Å². The summed E-state index contributed by atoms with van der Waals surface area (Å²) in [4.78, 5) is 37.7. The van der Waals surface area contributed by atoms with Crippen LogP contribution in [0.5, 0.6) is 0 Å². The third-order valence-electron chi connectivity index (χ3n) is 3.21. The van der Waals surface area contributed by atoms with Gasteiger partial charge in [0, 0.05) is 23.6 Å². The maximum absolute atomic E-state index is 13.3. The number of carbonyl (C=O) groups excluding carboxylic acids is 2. The van der Waals surface area contributed by atoms with Crippen molar-refractivity contribution in [3.63, 3.8) is 0 Å². The minimum Gasteiger partial charge on any atom is -0.449 e. The first-order valence-corrected chi connectivity index (χ1v) is 7.16. The highest BCUT2D eigenvalue weighted by atomic mass is 19.1. The maximum atomic E-state index is 13.3. The molecule has 0 fully saturated rings. The van der Waals surface area contributed by atoms with Crippen molar-refractivity contribution in [1.82, 2.24) is 4.98 Å². The molecule has 9 heteroatoms. The van der Waals surface area contributed by atoms with Gasteiger partial charge in [0.05, 0.1) is 10.5 Å². The number of nitro groups is 1. The summed E-state index contributed by atoms with van der Waals surface area (Å²) in [6.07, 6.45) is 0.156. The molecule has 0 aliphatic heterocycles. The minimum atomic E-state index is -1.17. The van der Waals surface area contributed by atoms with Gasteiger partial charge in [-0.05, 0) is 38.1 Å². The van der Waals surface area contributed by atoms with Gasteiger partial charge in [0.25, 0.3) is 5.91 Å².